The Morgan fingerprint density at radius 1 is 1.22 bits per heavy atom. The molecule has 27 heavy (non-hydrogen) atoms. The maximum Gasteiger partial charge on any atom is 0.259 e. The lowest BCUT2D eigenvalue weighted by Crippen LogP contribution is -2.11. The van der Waals surface area contributed by atoms with Crippen LogP contribution in [0.5, 0.6) is 5.75 Å². The summed E-state index contributed by atoms with van der Waals surface area (Å²) in [5.74, 6) is 0.599. The van der Waals surface area contributed by atoms with Gasteiger partial charge in [-0.2, -0.15) is 0 Å². The number of benzene rings is 2. The third kappa shape index (κ3) is 3.19. The molecule has 2 heterocycles. The molecule has 0 atom stereocenters. The number of hydrogen-bond acceptors (Lipinski definition) is 4. The van der Waals surface area contributed by atoms with Crippen LogP contribution < -0.4 is 10.1 Å². The molecule has 0 aliphatic rings. The molecule has 0 fully saturated rings. The van der Waals surface area contributed by atoms with Crippen molar-refractivity contribution in [3.63, 3.8) is 0 Å². The first-order valence-corrected chi connectivity index (χ1v) is 9.40. The van der Waals surface area contributed by atoms with Crippen LogP contribution in [-0.2, 0) is 7.05 Å². The molecular formula is C21H19N3O2S. The van der Waals surface area contributed by atoms with Crippen molar-refractivity contribution in [2.75, 3.05) is 12.4 Å². The van der Waals surface area contributed by atoms with Crippen LogP contribution in [0.1, 0.15) is 15.9 Å². The normalized spacial score (nSPS) is 10.9. The van der Waals surface area contributed by atoms with E-state index in [0.717, 1.165) is 33.5 Å². The van der Waals surface area contributed by atoms with Gasteiger partial charge in [-0.15, -0.1) is 11.3 Å². The number of rotatable bonds is 4. The van der Waals surface area contributed by atoms with Crippen molar-refractivity contribution in [2.24, 2.45) is 7.05 Å². The first kappa shape index (κ1) is 17.3. The lowest BCUT2D eigenvalue weighted by Gasteiger charge is -2.07. The number of nitrogens with one attached hydrogen (secondary N) is 1. The summed E-state index contributed by atoms with van der Waals surface area (Å²) in [6.07, 6.45) is 1.85. The van der Waals surface area contributed by atoms with Crippen molar-refractivity contribution in [2.45, 2.75) is 6.92 Å². The van der Waals surface area contributed by atoms with Crippen molar-refractivity contribution in [1.82, 2.24) is 9.55 Å². The molecule has 0 unspecified atom stereocenters. The molecule has 0 spiro atoms. The van der Waals surface area contributed by atoms with Gasteiger partial charge >= 0.3 is 0 Å². The van der Waals surface area contributed by atoms with Crippen LogP contribution in [0.3, 0.4) is 0 Å². The van der Waals surface area contributed by atoms with Crippen LogP contribution in [0.4, 0.5) is 5.13 Å². The van der Waals surface area contributed by atoms with Crippen molar-refractivity contribution in [1.29, 1.82) is 0 Å². The van der Waals surface area contributed by atoms with Crippen LogP contribution in [0, 0.1) is 6.92 Å². The Balaban J connectivity index is 1.63. The summed E-state index contributed by atoms with van der Waals surface area (Å²) in [6.45, 7) is 2.03. The summed E-state index contributed by atoms with van der Waals surface area (Å²) in [7, 11) is 3.58. The van der Waals surface area contributed by atoms with Crippen LogP contribution >= 0.6 is 11.3 Å². The Morgan fingerprint density at radius 2 is 2.04 bits per heavy atom. The molecule has 4 aromatic rings. The second kappa shape index (κ2) is 6.89. The largest absolute Gasteiger partial charge is 0.496 e. The number of aryl methyl sites for hydroxylation is 2. The molecule has 0 saturated heterocycles. The minimum Gasteiger partial charge on any atom is -0.496 e. The smallest absolute Gasteiger partial charge is 0.259 e. The Morgan fingerprint density at radius 3 is 2.85 bits per heavy atom. The summed E-state index contributed by atoms with van der Waals surface area (Å²) in [6, 6.07) is 13.8. The highest BCUT2D eigenvalue weighted by Crippen LogP contribution is 2.33. The Labute approximate surface area is 161 Å². The third-order valence-corrected chi connectivity index (χ3v) is 5.25. The van der Waals surface area contributed by atoms with E-state index in [4.69, 9.17) is 4.74 Å². The first-order valence-electron chi connectivity index (χ1n) is 8.53. The molecular weight excluding hydrogens is 358 g/mol. The molecule has 1 N–H and O–H groups in total. The number of methoxy groups -OCH3 is 1. The number of para-hydroxylation sites is 1. The van der Waals surface area contributed by atoms with Gasteiger partial charge in [0.15, 0.2) is 5.13 Å². The molecule has 0 radical (unpaired) electrons. The minimum atomic E-state index is -0.163. The van der Waals surface area contributed by atoms with Gasteiger partial charge in [0.2, 0.25) is 0 Å². The summed E-state index contributed by atoms with van der Waals surface area (Å²) >= 11 is 1.40. The predicted octanol–water partition coefficient (Wildman–Crippen LogP) is 4.87. The van der Waals surface area contributed by atoms with Crippen LogP contribution in [0.25, 0.3) is 22.2 Å². The SMILES string of the molecule is COc1ccc(C)cc1-c1csc(NC(=O)c2cn(C)c3ccccc23)n1. The van der Waals surface area contributed by atoms with E-state index in [1.54, 1.807) is 7.11 Å². The number of carbonyl (C=O) groups is 1. The fraction of sp³-hybridized carbons (Fsp3) is 0.143. The summed E-state index contributed by atoms with van der Waals surface area (Å²) in [5, 5.41) is 6.33. The molecule has 0 saturated carbocycles. The molecule has 1 amide bonds. The number of nitrogens with zero attached hydrogens (tertiary/aromatic N) is 2. The number of carbonyl (C=O) groups excluding carboxylic acids is 1. The van der Waals surface area contributed by atoms with Gasteiger partial charge in [0.1, 0.15) is 5.75 Å². The molecule has 6 heteroatoms. The molecule has 0 bridgehead atoms. The maximum atomic E-state index is 12.8. The predicted molar refractivity (Wildman–Crippen MR) is 110 cm³/mol. The number of fused-ring (bicyclic) bond motifs is 1. The highest BCUT2D eigenvalue weighted by atomic mass is 32.1. The number of amides is 1. The quantitative estimate of drug-likeness (QED) is 0.552. The summed E-state index contributed by atoms with van der Waals surface area (Å²) in [5.41, 5.74) is 4.48. The van der Waals surface area contributed by atoms with E-state index in [-0.39, 0.29) is 5.91 Å². The average Bonchev–Trinajstić information content (AvgIpc) is 3.27. The second-order valence-corrected chi connectivity index (χ2v) is 7.22. The Hall–Kier alpha value is -3.12. The zero-order valence-corrected chi connectivity index (χ0v) is 16.1. The fourth-order valence-corrected chi connectivity index (χ4v) is 3.87. The van der Waals surface area contributed by atoms with Crippen LogP contribution in [0.15, 0.2) is 54.0 Å². The van der Waals surface area contributed by atoms with Crippen LogP contribution in [-0.4, -0.2) is 22.6 Å². The first-order chi connectivity index (χ1) is 13.1. The fourth-order valence-electron chi connectivity index (χ4n) is 3.16. The highest BCUT2D eigenvalue weighted by Gasteiger charge is 2.16. The van der Waals surface area contributed by atoms with E-state index in [0.29, 0.717) is 10.7 Å². The lowest BCUT2D eigenvalue weighted by atomic mass is 10.1. The van der Waals surface area contributed by atoms with Gasteiger partial charge in [0.05, 0.1) is 18.4 Å². The van der Waals surface area contributed by atoms with Gasteiger partial charge in [0, 0.05) is 35.1 Å². The van der Waals surface area contributed by atoms with E-state index in [2.05, 4.69) is 10.3 Å². The molecule has 5 nitrogen and oxygen atoms in total. The number of aromatic nitrogens is 2. The molecule has 4 rings (SSSR count). The van der Waals surface area contributed by atoms with Crippen molar-refractivity contribution in [3.05, 3.63) is 65.2 Å². The van der Waals surface area contributed by atoms with Gasteiger partial charge in [-0.05, 0) is 25.1 Å². The van der Waals surface area contributed by atoms with Gasteiger partial charge in [-0.25, -0.2) is 4.98 Å². The number of hydrogen-bond donors (Lipinski definition) is 1. The van der Waals surface area contributed by atoms with Gasteiger partial charge in [-0.3, -0.25) is 10.1 Å². The van der Waals surface area contributed by atoms with E-state index in [9.17, 15) is 4.79 Å². The van der Waals surface area contributed by atoms with E-state index >= 15 is 0 Å². The monoisotopic (exact) mass is 377 g/mol. The highest BCUT2D eigenvalue weighted by molar-refractivity contribution is 7.14. The molecule has 2 aromatic heterocycles. The minimum absolute atomic E-state index is 0.163. The summed E-state index contributed by atoms with van der Waals surface area (Å²) in [4.78, 5) is 17.4. The number of thiazole rings is 1. The second-order valence-electron chi connectivity index (χ2n) is 6.37. The standard InChI is InChI=1S/C21H19N3O2S/c1-13-8-9-19(26-3)15(10-13)17-12-27-21(22-17)23-20(25)16-11-24(2)18-7-5-4-6-14(16)18/h4-12H,1-3H3,(H,22,23,25). The molecule has 136 valence electrons. The summed E-state index contributed by atoms with van der Waals surface area (Å²) < 4.78 is 7.39. The van der Waals surface area contributed by atoms with E-state index in [1.165, 1.54) is 11.3 Å². The molecule has 2 aromatic carbocycles. The van der Waals surface area contributed by atoms with E-state index in [1.807, 2.05) is 72.6 Å². The Bertz CT molecular complexity index is 1140. The van der Waals surface area contributed by atoms with Crippen molar-refractivity contribution < 1.29 is 9.53 Å². The van der Waals surface area contributed by atoms with Crippen LogP contribution in [0.2, 0.25) is 0 Å². The zero-order valence-electron chi connectivity index (χ0n) is 15.3. The third-order valence-electron chi connectivity index (χ3n) is 4.50. The van der Waals surface area contributed by atoms with Gasteiger partial charge < -0.3 is 9.30 Å². The van der Waals surface area contributed by atoms with Gasteiger partial charge in [-0.1, -0.05) is 29.8 Å². The maximum absolute atomic E-state index is 12.8. The average molecular weight is 377 g/mol. The Kier molecular flexibility index (Phi) is 4.41. The zero-order chi connectivity index (χ0) is 19.0. The van der Waals surface area contributed by atoms with Crippen molar-refractivity contribution >= 4 is 33.3 Å². The number of ether oxygens (including phenoxy) is 1. The molecule has 0 aliphatic heterocycles. The van der Waals surface area contributed by atoms with E-state index < -0.39 is 0 Å². The number of anilines is 1. The molecule has 0 aliphatic carbocycles. The van der Waals surface area contributed by atoms with Crippen molar-refractivity contribution in [3.8, 4) is 17.0 Å². The topological polar surface area (TPSA) is 56.1 Å². The lowest BCUT2D eigenvalue weighted by molar-refractivity contribution is 0.102. The van der Waals surface area contributed by atoms with Gasteiger partial charge in [0.25, 0.3) is 5.91 Å².